The van der Waals surface area contributed by atoms with Gasteiger partial charge in [0, 0.05) is 5.69 Å². The Morgan fingerprint density at radius 1 is 1.42 bits per heavy atom. The first-order valence-corrected chi connectivity index (χ1v) is 6.07. The van der Waals surface area contributed by atoms with Crippen LogP contribution in [0.2, 0.25) is 0 Å². The van der Waals surface area contributed by atoms with Gasteiger partial charge in [-0.3, -0.25) is 0 Å². The van der Waals surface area contributed by atoms with Gasteiger partial charge < -0.3 is 14.5 Å². The number of aryl methyl sites for hydroxylation is 1. The first kappa shape index (κ1) is 13.1. The molecule has 0 bridgehead atoms. The molecule has 1 aromatic carbocycles. The number of nitrogens with zero attached hydrogens (tertiary/aromatic N) is 1. The molecule has 0 unspecified atom stereocenters. The summed E-state index contributed by atoms with van der Waals surface area (Å²) in [5.41, 5.74) is 3.34. The smallest absolute Gasteiger partial charge is 0.360 e. The normalized spacial score (nSPS) is 10.3. The van der Waals surface area contributed by atoms with Crippen molar-refractivity contribution in [1.82, 2.24) is 4.98 Å². The Kier molecular flexibility index (Phi) is 3.85. The number of carbonyl (C=O) groups is 1. The summed E-state index contributed by atoms with van der Waals surface area (Å²) in [5.74, 6) is -0.486. The van der Waals surface area contributed by atoms with Gasteiger partial charge in [-0.1, -0.05) is 12.1 Å². The lowest BCUT2D eigenvalue weighted by Gasteiger charge is -2.07. The van der Waals surface area contributed by atoms with Gasteiger partial charge >= 0.3 is 5.97 Å². The van der Waals surface area contributed by atoms with Crippen LogP contribution in [0.1, 0.15) is 28.5 Å². The summed E-state index contributed by atoms with van der Waals surface area (Å²) in [6, 6.07) is 6.17. The minimum absolute atomic E-state index is 0.162. The Morgan fingerprint density at radius 3 is 2.95 bits per heavy atom. The van der Waals surface area contributed by atoms with Crippen molar-refractivity contribution in [1.29, 1.82) is 0 Å². The van der Waals surface area contributed by atoms with Gasteiger partial charge in [0.25, 0.3) is 6.01 Å². The third-order valence-corrected chi connectivity index (χ3v) is 2.83. The average Bonchev–Trinajstić information content (AvgIpc) is 2.84. The summed E-state index contributed by atoms with van der Waals surface area (Å²) in [7, 11) is 0. The van der Waals surface area contributed by atoms with Crippen molar-refractivity contribution in [3.8, 4) is 0 Å². The molecule has 1 N–H and O–H groups in total. The Morgan fingerprint density at radius 2 is 2.21 bits per heavy atom. The van der Waals surface area contributed by atoms with E-state index in [0.29, 0.717) is 6.61 Å². The van der Waals surface area contributed by atoms with Crippen molar-refractivity contribution >= 4 is 17.7 Å². The van der Waals surface area contributed by atoms with Gasteiger partial charge in [-0.25, -0.2) is 4.79 Å². The first-order valence-electron chi connectivity index (χ1n) is 6.07. The maximum Gasteiger partial charge on any atom is 0.360 e. The molecule has 1 aromatic heterocycles. The van der Waals surface area contributed by atoms with Crippen LogP contribution in [0.4, 0.5) is 11.7 Å². The van der Waals surface area contributed by atoms with E-state index in [4.69, 9.17) is 9.15 Å². The van der Waals surface area contributed by atoms with E-state index in [1.165, 1.54) is 11.8 Å². The van der Waals surface area contributed by atoms with Crippen LogP contribution in [0.3, 0.4) is 0 Å². The van der Waals surface area contributed by atoms with Crippen molar-refractivity contribution < 1.29 is 13.9 Å². The van der Waals surface area contributed by atoms with E-state index in [2.05, 4.69) is 10.3 Å². The highest BCUT2D eigenvalue weighted by molar-refractivity contribution is 5.87. The predicted molar refractivity (Wildman–Crippen MR) is 71.7 cm³/mol. The molecule has 0 saturated heterocycles. The minimum Gasteiger partial charge on any atom is -0.461 e. The summed E-state index contributed by atoms with van der Waals surface area (Å²) in [5, 5.41) is 3.04. The SMILES string of the molecule is CCOC(=O)c1coc(Nc2cccc(C)c2C)n1. The number of hydrogen-bond acceptors (Lipinski definition) is 5. The summed E-state index contributed by atoms with van der Waals surface area (Å²) in [6.07, 6.45) is 1.28. The van der Waals surface area contributed by atoms with Crippen LogP contribution < -0.4 is 5.32 Å². The highest BCUT2D eigenvalue weighted by atomic mass is 16.5. The van der Waals surface area contributed by atoms with Crippen LogP contribution in [-0.2, 0) is 4.74 Å². The first-order chi connectivity index (χ1) is 9.11. The molecule has 5 heteroatoms. The number of nitrogens with one attached hydrogen (secondary N) is 1. The molecule has 5 nitrogen and oxygen atoms in total. The molecule has 2 aromatic rings. The maximum absolute atomic E-state index is 11.5. The molecular formula is C14H16N2O3. The quantitative estimate of drug-likeness (QED) is 0.855. The van der Waals surface area contributed by atoms with Crippen LogP contribution in [0, 0.1) is 13.8 Å². The molecule has 0 atom stereocenters. The van der Waals surface area contributed by atoms with Gasteiger partial charge in [-0.05, 0) is 38.0 Å². The van der Waals surface area contributed by atoms with Gasteiger partial charge in [0.05, 0.1) is 6.61 Å². The number of oxazole rings is 1. The van der Waals surface area contributed by atoms with Crippen LogP contribution in [0.5, 0.6) is 0 Å². The van der Waals surface area contributed by atoms with Gasteiger partial charge in [-0.2, -0.15) is 4.98 Å². The fourth-order valence-electron chi connectivity index (χ4n) is 1.63. The molecule has 2 rings (SSSR count). The van der Waals surface area contributed by atoms with Crippen molar-refractivity contribution in [3.63, 3.8) is 0 Å². The van der Waals surface area contributed by atoms with E-state index in [-0.39, 0.29) is 11.7 Å². The molecule has 100 valence electrons. The van der Waals surface area contributed by atoms with Crippen LogP contribution >= 0.6 is 0 Å². The molecule has 0 aliphatic heterocycles. The number of anilines is 2. The standard InChI is InChI=1S/C14H16N2O3/c1-4-18-13(17)12-8-19-14(16-12)15-11-7-5-6-9(2)10(11)3/h5-8H,4H2,1-3H3,(H,15,16). The van der Waals surface area contributed by atoms with E-state index in [1.807, 2.05) is 32.0 Å². The van der Waals surface area contributed by atoms with Gasteiger partial charge in [0.2, 0.25) is 0 Å². The van der Waals surface area contributed by atoms with Crippen molar-refractivity contribution in [2.75, 3.05) is 11.9 Å². The van der Waals surface area contributed by atoms with E-state index in [1.54, 1.807) is 6.92 Å². The van der Waals surface area contributed by atoms with Crippen LogP contribution in [0.25, 0.3) is 0 Å². The number of hydrogen-bond donors (Lipinski definition) is 1. The lowest BCUT2D eigenvalue weighted by Crippen LogP contribution is -2.05. The number of rotatable bonds is 4. The molecule has 0 spiro atoms. The number of ether oxygens (including phenoxy) is 1. The Balaban J connectivity index is 2.16. The molecule has 0 aliphatic carbocycles. The fourth-order valence-corrected chi connectivity index (χ4v) is 1.63. The Hall–Kier alpha value is -2.30. The third kappa shape index (κ3) is 2.93. The van der Waals surface area contributed by atoms with Crippen LogP contribution in [-0.4, -0.2) is 17.6 Å². The minimum atomic E-state index is -0.486. The zero-order valence-corrected chi connectivity index (χ0v) is 11.2. The lowest BCUT2D eigenvalue weighted by atomic mass is 10.1. The van der Waals surface area contributed by atoms with E-state index >= 15 is 0 Å². The number of carbonyl (C=O) groups excluding carboxylic acids is 1. The largest absolute Gasteiger partial charge is 0.461 e. The zero-order valence-electron chi connectivity index (χ0n) is 11.2. The summed E-state index contributed by atoms with van der Waals surface area (Å²) in [6.45, 7) is 6.09. The second-order valence-corrected chi connectivity index (χ2v) is 4.13. The second-order valence-electron chi connectivity index (χ2n) is 4.13. The molecule has 0 aliphatic rings. The number of aromatic nitrogens is 1. The lowest BCUT2D eigenvalue weighted by molar-refractivity contribution is 0.0519. The van der Waals surface area contributed by atoms with Gasteiger partial charge in [0.15, 0.2) is 5.69 Å². The molecule has 0 amide bonds. The summed E-state index contributed by atoms with van der Waals surface area (Å²) >= 11 is 0. The Labute approximate surface area is 111 Å². The zero-order chi connectivity index (χ0) is 13.8. The number of benzene rings is 1. The van der Waals surface area contributed by atoms with Gasteiger partial charge in [0.1, 0.15) is 6.26 Å². The van der Waals surface area contributed by atoms with Gasteiger partial charge in [-0.15, -0.1) is 0 Å². The fraction of sp³-hybridized carbons (Fsp3) is 0.286. The topological polar surface area (TPSA) is 64.4 Å². The van der Waals surface area contributed by atoms with E-state index < -0.39 is 5.97 Å². The van der Waals surface area contributed by atoms with E-state index in [0.717, 1.165) is 11.3 Å². The predicted octanol–water partition coefficient (Wildman–Crippen LogP) is 3.21. The molecule has 19 heavy (non-hydrogen) atoms. The molecular weight excluding hydrogens is 244 g/mol. The van der Waals surface area contributed by atoms with Crippen molar-refractivity contribution in [3.05, 3.63) is 41.3 Å². The summed E-state index contributed by atoms with van der Waals surface area (Å²) in [4.78, 5) is 15.5. The molecule has 0 fully saturated rings. The third-order valence-electron chi connectivity index (χ3n) is 2.83. The second kappa shape index (κ2) is 5.56. The van der Waals surface area contributed by atoms with Crippen molar-refractivity contribution in [2.24, 2.45) is 0 Å². The Bertz CT molecular complexity index is 590. The molecule has 0 radical (unpaired) electrons. The summed E-state index contributed by atoms with van der Waals surface area (Å²) < 4.78 is 10.1. The number of esters is 1. The van der Waals surface area contributed by atoms with Crippen molar-refractivity contribution in [2.45, 2.75) is 20.8 Å². The van der Waals surface area contributed by atoms with Crippen LogP contribution in [0.15, 0.2) is 28.9 Å². The highest BCUT2D eigenvalue weighted by Gasteiger charge is 2.13. The van der Waals surface area contributed by atoms with E-state index in [9.17, 15) is 4.79 Å². The highest BCUT2D eigenvalue weighted by Crippen LogP contribution is 2.22. The monoisotopic (exact) mass is 260 g/mol. The molecule has 1 heterocycles. The molecule has 0 saturated carbocycles. The maximum atomic E-state index is 11.5. The average molecular weight is 260 g/mol.